The molecule has 3 nitrogen and oxygen atoms in total. The molecule has 1 saturated carbocycles. The summed E-state index contributed by atoms with van der Waals surface area (Å²) in [4.78, 5) is 13.7. The van der Waals surface area contributed by atoms with E-state index >= 15 is 0 Å². The molecule has 1 aliphatic carbocycles. The lowest BCUT2D eigenvalue weighted by molar-refractivity contribution is -0.131. The lowest BCUT2D eigenvalue weighted by atomic mass is 9.85. The molecule has 1 amide bonds. The lowest BCUT2D eigenvalue weighted by Crippen LogP contribution is -2.41. The van der Waals surface area contributed by atoms with Gasteiger partial charge in [-0.25, -0.2) is 0 Å². The molecule has 0 aromatic heterocycles. The zero-order valence-electron chi connectivity index (χ0n) is 9.67. The van der Waals surface area contributed by atoms with Crippen molar-refractivity contribution in [3.63, 3.8) is 0 Å². The van der Waals surface area contributed by atoms with Crippen molar-refractivity contribution in [2.75, 3.05) is 26.2 Å². The summed E-state index contributed by atoms with van der Waals surface area (Å²) in [7, 11) is 0. The molecule has 0 atom stereocenters. The molecule has 3 heteroatoms. The number of nitrogens with one attached hydrogen (secondary N) is 1. The number of nitrogens with zero attached hydrogens (tertiary/aromatic N) is 1. The van der Waals surface area contributed by atoms with Crippen molar-refractivity contribution in [1.82, 2.24) is 10.2 Å². The minimum atomic E-state index is 0.214. The van der Waals surface area contributed by atoms with Crippen molar-refractivity contribution >= 4 is 5.91 Å². The minimum Gasteiger partial charge on any atom is -0.342 e. The summed E-state index contributed by atoms with van der Waals surface area (Å²) < 4.78 is 0. The Balaban J connectivity index is 2.22. The highest BCUT2D eigenvalue weighted by atomic mass is 16.2. The molecule has 1 fully saturated rings. The first-order chi connectivity index (χ1) is 7.27. The van der Waals surface area contributed by atoms with Gasteiger partial charge in [0.05, 0.1) is 6.54 Å². The fourth-order valence-corrected chi connectivity index (χ4v) is 1.79. The average molecular weight is 210 g/mol. The van der Waals surface area contributed by atoms with E-state index in [1.807, 2.05) is 11.8 Å². The van der Waals surface area contributed by atoms with Crippen LogP contribution in [0.2, 0.25) is 0 Å². The molecule has 1 rings (SSSR count). The fourth-order valence-electron chi connectivity index (χ4n) is 1.79. The molecule has 0 saturated heterocycles. The monoisotopic (exact) mass is 210 g/mol. The number of hydrogen-bond donors (Lipinski definition) is 1. The van der Waals surface area contributed by atoms with Gasteiger partial charge < -0.3 is 10.2 Å². The van der Waals surface area contributed by atoms with E-state index in [0.29, 0.717) is 13.1 Å². The van der Waals surface area contributed by atoms with Crippen molar-refractivity contribution in [2.45, 2.75) is 26.2 Å². The number of hydrogen-bond acceptors (Lipinski definition) is 2. The molecule has 1 aliphatic rings. The molecule has 0 aromatic carbocycles. The van der Waals surface area contributed by atoms with E-state index < -0.39 is 0 Å². The highest BCUT2D eigenvalue weighted by molar-refractivity contribution is 5.78. The zero-order chi connectivity index (χ0) is 11.1. The largest absolute Gasteiger partial charge is 0.342 e. The number of likely N-dealkylation sites (N-methyl/N-ethyl adjacent to an activating group) is 1. The van der Waals surface area contributed by atoms with Gasteiger partial charge in [0, 0.05) is 19.6 Å². The number of rotatable bonds is 7. The van der Waals surface area contributed by atoms with Gasteiger partial charge >= 0.3 is 0 Å². The molecular formula is C12H22N2O. The summed E-state index contributed by atoms with van der Waals surface area (Å²) in [5, 5.41) is 3.05. The van der Waals surface area contributed by atoms with Crippen LogP contribution < -0.4 is 5.32 Å². The third-order valence-electron chi connectivity index (χ3n) is 3.00. The van der Waals surface area contributed by atoms with Gasteiger partial charge in [-0.15, -0.1) is 6.58 Å². The summed E-state index contributed by atoms with van der Waals surface area (Å²) in [5.41, 5.74) is 0. The smallest absolute Gasteiger partial charge is 0.236 e. The summed E-state index contributed by atoms with van der Waals surface area (Å²) in [5.74, 6) is 0.972. The Morgan fingerprint density at radius 2 is 2.33 bits per heavy atom. The topological polar surface area (TPSA) is 32.3 Å². The Morgan fingerprint density at radius 3 is 2.80 bits per heavy atom. The summed E-state index contributed by atoms with van der Waals surface area (Å²) >= 11 is 0. The minimum absolute atomic E-state index is 0.214. The quantitative estimate of drug-likeness (QED) is 0.509. The molecule has 0 aliphatic heterocycles. The first kappa shape index (κ1) is 12.2. The van der Waals surface area contributed by atoms with Crippen molar-refractivity contribution in [1.29, 1.82) is 0 Å². The van der Waals surface area contributed by atoms with Gasteiger partial charge in [-0.05, 0) is 25.7 Å². The van der Waals surface area contributed by atoms with E-state index in [4.69, 9.17) is 0 Å². The lowest BCUT2D eigenvalue weighted by Gasteiger charge is -2.31. The first-order valence-electron chi connectivity index (χ1n) is 5.87. The second-order valence-electron chi connectivity index (χ2n) is 4.15. The Bertz CT molecular complexity index is 212. The molecular weight excluding hydrogens is 188 g/mol. The third-order valence-corrected chi connectivity index (χ3v) is 3.00. The van der Waals surface area contributed by atoms with Gasteiger partial charge in [-0.2, -0.15) is 0 Å². The van der Waals surface area contributed by atoms with Crippen LogP contribution >= 0.6 is 0 Å². The fraction of sp³-hybridized carbons (Fsp3) is 0.750. The average Bonchev–Trinajstić information content (AvgIpc) is 2.16. The van der Waals surface area contributed by atoms with Crippen LogP contribution in [0.25, 0.3) is 0 Å². The van der Waals surface area contributed by atoms with Crippen molar-refractivity contribution in [2.24, 2.45) is 5.92 Å². The number of carbonyl (C=O) groups excluding carboxylic acids is 1. The summed E-state index contributed by atoms with van der Waals surface area (Å²) in [6.45, 7) is 8.56. The van der Waals surface area contributed by atoms with Crippen LogP contribution in [0.15, 0.2) is 12.7 Å². The van der Waals surface area contributed by atoms with Crippen LogP contribution in [0.4, 0.5) is 0 Å². The van der Waals surface area contributed by atoms with Gasteiger partial charge in [0.25, 0.3) is 0 Å². The molecule has 0 spiro atoms. The summed E-state index contributed by atoms with van der Waals surface area (Å²) in [6.07, 6.45) is 5.70. The second-order valence-corrected chi connectivity index (χ2v) is 4.15. The van der Waals surface area contributed by atoms with Gasteiger partial charge in [0.2, 0.25) is 5.91 Å². The van der Waals surface area contributed by atoms with E-state index in [2.05, 4.69) is 11.9 Å². The SMILES string of the molecule is C=CCNCC(=O)N(CC)CC1CCC1. The van der Waals surface area contributed by atoms with Crippen molar-refractivity contribution in [3.8, 4) is 0 Å². The standard InChI is InChI=1S/C12H22N2O/c1-3-8-13-9-12(15)14(4-2)10-11-6-5-7-11/h3,11,13H,1,4-10H2,2H3. The van der Waals surface area contributed by atoms with Crippen LogP contribution in [0.1, 0.15) is 26.2 Å². The Hall–Kier alpha value is -0.830. The maximum atomic E-state index is 11.8. The van der Waals surface area contributed by atoms with E-state index in [0.717, 1.165) is 19.0 Å². The van der Waals surface area contributed by atoms with Crippen LogP contribution in [-0.4, -0.2) is 37.0 Å². The van der Waals surface area contributed by atoms with Crippen LogP contribution in [-0.2, 0) is 4.79 Å². The molecule has 0 heterocycles. The Kier molecular flexibility index (Phi) is 5.40. The zero-order valence-corrected chi connectivity index (χ0v) is 9.67. The van der Waals surface area contributed by atoms with Crippen molar-refractivity contribution in [3.05, 3.63) is 12.7 Å². The molecule has 0 bridgehead atoms. The van der Waals surface area contributed by atoms with Gasteiger partial charge in [0.1, 0.15) is 0 Å². The predicted octanol–water partition coefficient (Wildman–Crippen LogP) is 1.41. The van der Waals surface area contributed by atoms with Crippen molar-refractivity contribution < 1.29 is 4.79 Å². The van der Waals surface area contributed by atoms with Gasteiger partial charge in [-0.1, -0.05) is 12.5 Å². The Morgan fingerprint density at radius 1 is 1.60 bits per heavy atom. The van der Waals surface area contributed by atoms with E-state index in [1.165, 1.54) is 19.3 Å². The van der Waals surface area contributed by atoms with Crippen LogP contribution in [0.5, 0.6) is 0 Å². The van der Waals surface area contributed by atoms with Gasteiger partial charge in [-0.3, -0.25) is 4.79 Å². The maximum absolute atomic E-state index is 11.8. The molecule has 86 valence electrons. The highest BCUT2D eigenvalue weighted by Crippen LogP contribution is 2.26. The normalized spacial score (nSPS) is 15.8. The Labute approximate surface area is 92.5 Å². The van der Waals surface area contributed by atoms with Crippen LogP contribution in [0.3, 0.4) is 0 Å². The number of amides is 1. The van der Waals surface area contributed by atoms with E-state index in [9.17, 15) is 4.79 Å². The third kappa shape index (κ3) is 4.04. The molecule has 0 radical (unpaired) electrons. The molecule has 0 unspecified atom stereocenters. The molecule has 15 heavy (non-hydrogen) atoms. The predicted molar refractivity (Wildman–Crippen MR) is 62.7 cm³/mol. The van der Waals surface area contributed by atoms with Crippen LogP contribution in [0, 0.1) is 5.92 Å². The van der Waals surface area contributed by atoms with E-state index in [-0.39, 0.29) is 5.91 Å². The van der Waals surface area contributed by atoms with Gasteiger partial charge in [0.15, 0.2) is 0 Å². The molecule has 1 N–H and O–H groups in total. The maximum Gasteiger partial charge on any atom is 0.236 e. The summed E-state index contributed by atoms with van der Waals surface area (Å²) in [6, 6.07) is 0. The number of carbonyl (C=O) groups is 1. The molecule has 0 aromatic rings. The van der Waals surface area contributed by atoms with E-state index in [1.54, 1.807) is 6.08 Å². The second kappa shape index (κ2) is 6.62. The first-order valence-corrected chi connectivity index (χ1v) is 5.87. The highest BCUT2D eigenvalue weighted by Gasteiger charge is 2.22.